The molecule has 0 aliphatic carbocycles. The second-order valence-electron chi connectivity index (χ2n) is 8.25. The maximum Gasteiger partial charge on any atom is 0.0651 e. The third-order valence-electron chi connectivity index (χ3n) is 5.53. The Morgan fingerprint density at radius 3 is 1.33 bits per heavy atom. The minimum atomic E-state index is 0.757. The normalized spacial score (nSPS) is 14.4. The molecule has 160 valence electrons. The first-order valence-electron chi connectivity index (χ1n) is 12.2. The van der Waals surface area contributed by atoms with E-state index >= 15 is 0 Å². The van der Waals surface area contributed by atoms with Gasteiger partial charge in [0.15, 0.2) is 0 Å². The fourth-order valence-electron chi connectivity index (χ4n) is 3.86. The van der Waals surface area contributed by atoms with Gasteiger partial charge in [-0.3, -0.25) is 0 Å². The van der Waals surface area contributed by atoms with Gasteiger partial charge in [-0.05, 0) is 24.7 Å². The largest absolute Gasteiger partial charge is 0.373 e. The number of ether oxygens (including phenoxy) is 1. The number of unbranched alkanes of at least 4 members (excludes halogenated alkanes) is 4. The van der Waals surface area contributed by atoms with Gasteiger partial charge in [-0.15, -0.1) is 0 Å². The van der Waals surface area contributed by atoms with Crippen LogP contribution >= 0.6 is 0 Å². The Morgan fingerprint density at radius 1 is 0.519 bits per heavy atom. The second-order valence-corrected chi connectivity index (χ2v) is 8.25. The van der Waals surface area contributed by atoms with Crippen molar-refractivity contribution in [2.45, 2.75) is 118 Å². The fourth-order valence-corrected chi connectivity index (χ4v) is 3.86. The Kier molecular flexibility index (Phi) is 21.3. The molecule has 0 aliphatic rings. The Hall–Kier alpha value is -0.560. The van der Waals surface area contributed by atoms with E-state index in [1.807, 2.05) is 0 Å². The van der Waals surface area contributed by atoms with E-state index in [1.165, 1.54) is 89.9 Å². The van der Waals surface area contributed by atoms with E-state index in [0.717, 1.165) is 25.0 Å². The van der Waals surface area contributed by atoms with Crippen molar-refractivity contribution in [1.29, 1.82) is 0 Å². The molecule has 27 heavy (non-hydrogen) atoms. The van der Waals surface area contributed by atoms with Gasteiger partial charge in [0.05, 0.1) is 13.2 Å². The highest BCUT2D eigenvalue weighted by molar-refractivity contribution is 4.87. The number of hydrogen-bond donors (Lipinski definition) is 0. The van der Waals surface area contributed by atoms with Crippen LogP contribution < -0.4 is 0 Å². The zero-order valence-corrected chi connectivity index (χ0v) is 19.2. The van der Waals surface area contributed by atoms with Crippen LogP contribution in [0, 0.1) is 11.8 Å². The molecule has 0 rings (SSSR count). The van der Waals surface area contributed by atoms with Crippen LogP contribution in [0.25, 0.3) is 0 Å². The van der Waals surface area contributed by atoms with E-state index in [1.54, 1.807) is 0 Å². The summed E-state index contributed by atoms with van der Waals surface area (Å²) in [7, 11) is 0. The first-order chi connectivity index (χ1) is 13.3. The van der Waals surface area contributed by atoms with Crippen LogP contribution in [0.15, 0.2) is 24.3 Å². The van der Waals surface area contributed by atoms with Gasteiger partial charge in [0, 0.05) is 0 Å². The Morgan fingerprint density at radius 2 is 0.963 bits per heavy atom. The predicted molar refractivity (Wildman–Crippen MR) is 123 cm³/mol. The molecule has 0 spiro atoms. The van der Waals surface area contributed by atoms with Crippen LogP contribution in [0.3, 0.4) is 0 Å². The molecular weight excluding hydrogens is 328 g/mol. The summed E-state index contributed by atoms with van der Waals surface area (Å²) in [6.45, 7) is 10.7. The van der Waals surface area contributed by atoms with Crippen LogP contribution in [0.5, 0.6) is 0 Å². The molecule has 0 amide bonds. The lowest BCUT2D eigenvalue weighted by molar-refractivity contribution is 0.193. The van der Waals surface area contributed by atoms with Gasteiger partial charge in [0.25, 0.3) is 0 Å². The van der Waals surface area contributed by atoms with Gasteiger partial charge in [0.2, 0.25) is 0 Å². The van der Waals surface area contributed by atoms with Crippen LogP contribution in [-0.4, -0.2) is 13.2 Å². The minimum absolute atomic E-state index is 0.757. The van der Waals surface area contributed by atoms with E-state index in [0.29, 0.717) is 0 Å². The molecule has 0 fully saturated rings. The molecule has 0 aromatic carbocycles. The fraction of sp³-hybridized carbons (Fsp3) is 0.846. The highest BCUT2D eigenvalue weighted by Gasteiger charge is 2.06. The SMILES string of the molecule is CCCCCC(CC=CCOCC=CCC(CCC)CCCCC)CCC. The molecule has 0 aromatic rings. The molecule has 0 aliphatic heterocycles. The Balaban J connectivity index is 3.81. The molecule has 2 atom stereocenters. The van der Waals surface area contributed by atoms with E-state index in [-0.39, 0.29) is 0 Å². The maximum absolute atomic E-state index is 5.74. The van der Waals surface area contributed by atoms with E-state index in [4.69, 9.17) is 4.74 Å². The summed E-state index contributed by atoms with van der Waals surface area (Å²) in [4.78, 5) is 0. The van der Waals surface area contributed by atoms with Crippen molar-refractivity contribution < 1.29 is 4.74 Å². The second kappa shape index (κ2) is 21.7. The molecule has 0 radical (unpaired) electrons. The quantitative estimate of drug-likeness (QED) is 0.152. The molecule has 0 bridgehead atoms. The molecule has 0 saturated heterocycles. The third kappa shape index (κ3) is 18.6. The lowest BCUT2D eigenvalue weighted by atomic mass is 9.93. The molecule has 2 unspecified atom stereocenters. The van der Waals surface area contributed by atoms with Crippen molar-refractivity contribution in [3.63, 3.8) is 0 Å². The standard InChI is InChI=1S/C26H50O/c1-5-9-11-19-25(17-7-3)21-13-15-23-27-24-16-14-22-26(18-8-4)20-12-10-6-2/h13-16,25-26H,5-12,17-24H2,1-4H3. The van der Waals surface area contributed by atoms with Crippen LogP contribution in [0.2, 0.25) is 0 Å². The molecule has 1 nitrogen and oxygen atoms in total. The lowest BCUT2D eigenvalue weighted by Gasteiger charge is -2.13. The predicted octanol–water partition coefficient (Wildman–Crippen LogP) is 8.89. The first kappa shape index (κ1) is 26.4. The highest BCUT2D eigenvalue weighted by atomic mass is 16.5. The van der Waals surface area contributed by atoms with Gasteiger partial charge in [-0.1, -0.05) is 129 Å². The summed E-state index contributed by atoms with van der Waals surface area (Å²) in [6.07, 6.45) is 28.0. The Labute approximate surface area is 172 Å². The lowest BCUT2D eigenvalue weighted by Crippen LogP contribution is -2.00. The maximum atomic E-state index is 5.74. The van der Waals surface area contributed by atoms with Crippen molar-refractivity contribution in [3.8, 4) is 0 Å². The summed E-state index contributed by atoms with van der Waals surface area (Å²) >= 11 is 0. The third-order valence-corrected chi connectivity index (χ3v) is 5.53. The molecule has 0 heterocycles. The van der Waals surface area contributed by atoms with Gasteiger partial charge < -0.3 is 4.74 Å². The van der Waals surface area contributed by atoms with E-state index in [9.17, 15) is 0 Å². The van der Waals surface area contributed by atoms with Crippen LogP contribution in [0.1, 0.15) is 118 Å². The molecule has 0 aromatic heterocycles. The highest BCUT2D eigenvalue weighted by Crippen LogP contribution is 2.20. The number of hydrogen-bond acceptors (Lipinski definition) is 1. The smallest absolute Gasteiger partial charge is 0.0651 e. The van der Waals surface area contributed by atoms with Crippen molar-refractivity contribution in [2.24, 2.45) is 11.8 Å². The van der Waals surface area contributed by atoms with Crippen molar-refractivity contribution in [3.05, 3.63) is 24.3 Å². The van der Waals surface area contributed by atoms with Crippen molar-refractivity contribution in [1.82, 2.24) is 0 Å². The van der Waals surface area contributed by atoms with Crippen LogP contribution in [-0.2, 0) is 4.74 Å². The first-order valence-corrected chi connectivity index (χ1v) is 12.2. The summed E-state index contributed by atoms with van der Waals surface area (Å²) in [5.74, 6) is 1.75. The van der Waals surface area contributed by atoms with Crippen LogP contribution in [0.4, 0.5) is 0 Å². The van der Waals surface area contributed by atoms with Crippen molar-refractivity contribution in [2.75, 3.05) is 13.2 Å². The van der Waals surface area contributed by atoms with E-state index < -0.39 is 0 Å². The minimum Gasteiger partial charge on any atom is -0.373 e. The van der Waals surface area contributed by atoms with Gasteiger partial charge in [-0.2, -0.15) is 0 Å². The summed E-state index contributed by atoms with van der Waals surface area (Å²) in [6, 6.07) is 0. The van der Waals surface area contributed by atoms with Gasteiger partial charge >= 0.3 is 0 Å². The summed E-state index contributed by atoms with van der Waals surface area (Å²) in [5.41, 5.74) is 0. The number of rotatable bonds is 20. The van der Waals surface area contributed by atoms with Gasteiger partial charge in [-0.25, -0.2) is 0 Å². The van der Waals surface area contributed by atoms with Crippen molar-refractivity contribution >= 4 is 0 Å². The summed E-state index contributed by atoms with van der Waals surface area (Å²) in [5, 5.41) is 0. The molecule has 0 saturated carbocycles. The molecule has 1 heteroatoms. The van der Waals surface area contributed by atoms with E-state index in [2.05, 4.69) is 52.0 Å². The molecular formula is C26H50O. The Bertz CT molecular complexity index is 299. The summed E-state index contributed by atoms with van der Waals surface area (Å²) < 4.78 is 5.74. The average molecular weight is 379 g/mol. The number of allylic oxidation sites excluding steroid dienone is 2. The zero-order chi connectivity index (χ0) is 20.0. The zero-order valence-electron chi connectivity index (χ0n) is 19.2. The molecule has 0 N–H and O–H groups in total. The van der Waals surface area contributed by atoms with Gasteiger partial charge in [0.1, 0.15) is 0 Å². The average Bonchev–Trinajstić information content (AvgIpc) is 2.66. The topological polar surface area (TPSA) is 9.23 Å². The monoisotopic (exact) mass is 378 g/mol.